The molecule has 1 fully saturated rings. The molecule has 27 heavy (non-hydrogen) atoms. The first-order chi connectivity index (χ1) is 12.7. The zero-order chi connectivity index (χ0) is 20.1. The van der Waals surface area contributed by atoms with Gasteiger partial charge in [0.25, 0.3) is 11.8 Å². The lowest BCUT2D eigenvalue weighted by atomic mass is 10.0. The molecule has 0 aliphatic carbocycles. The molecule has 1 aromatic rings. The van der Waals surface area contributed by atoms with Gasteiger partial charge < -0.3 is 15.4 Å². The Morgan fingerprint density at radius 1 is 1.22 bits per heavy atom. The van der Waals surface area contributed by atoms with Crippen LogP contribution in [0.3, 0.4) is 0 Å². The average Bonchev–Trinajstić information content (AvgIpc) is 3.04. The minimum atomic E-state index is -1.20. The summed E-state index contributed by atoms with van der Waals surface area (Å²) >= 11 is 0. The summed E-state index contributed by atoms with van der Waals surface area (Å²) in [6, 6.07) is 3.76. The highest BCUT2D eigenvalue weighted by Crippen LogP contribution is 2.12. The molecule has 146 valence electrons. The quantitative estimate of drug-likeness (QED) is 0.720. The van der Waals surface area contributed by atoms with Gasteiger partial charge in [-0.1, -0.05) is 26.0 Å². The van der Waals surface area contributed by atoms with Crippen molar-refractivity contribution in [2.45, 2.75) is 32.9 Å². The zero-order valence-electron chi connectivity index (χ0n) is 15.3. The molecular weight excluding hydrogens is 357 g/mol. The molecule has 1 saturated heterocycles. The van der Waals surface area contributed by atoms with Crippen molar-refractivity contribution in [1.82, 2.24) is 15.5 Å². The highest BCUT2D eigenvalue weighted by atomic mass is 19.1. The molecule has 0 aromatic heterocycles. The smallest absolute Gasteiger partial charge is 0.329 e. The summed E-state index contributed by atoms with van der Waals surface area (Å²) in [5.41, 5.74) is -0.200. The fraction of sp³-hybridized carbons (Fsp3) is 0.444. The SMILES string of the molecule is CC(C)[C@H](NC(=O)c1ccccc1F)C(=O)O[C@H](C)C(=O)N1CCNC1=O. The maximum atomic E-state index is 13.8. The van der Waals surface area contributed by atoms with Crippen molar-refractivity contribution >= 4 is 23.8 Å². The van der Waals surface area contributed by atoms with E-state index < -0.39 is 41.8 Å². The Labute approximate surface area is 156 Å². The van der Waals surface area contributed by atoms with Crippen molar-refractivity contribution in [3.05, 3.63) is 35.6 Å². The van der Waals surface area contributed by atoms with E-state index in [9.17, 15) is 23.6 Å². The van der Waals surface area contributed by atoms with Crippen molar-refractivity contribution in [3.63, 3.8) is 0 Å². The zero-order valence-corrected chi connectivity index (χ0v) is 15.3. The van der Waals surface area contributed by atoms with Gasteiger partial charge in [-0.25, -0.2) is 14.0 Å². The molecule has 0 bridgehead atoms. The minimum absolute atomic E-state index is 0.192. The number of carbonyl (C=O) groups is 4. The molecule has 1 aromatic carbocycles. The Kier molecular flexibility index (Phi) is 6.49. The first kappa shape index (κ1) is 20.3. The van der Waals surface area contributed by atoms with Crippen LogP contribution in [0.25, 0.3) is 0 Å². The number of nitrogens with one attached hydrogen (secondary N) is 2. The second-order valence-corrected chi connectivity index (χ2v) is 6.48. The Morgan fingerprint density at radius 2 is 1.89 bits per heavy atom. The molecule has 0 saturated carbocycles. The van der Waals surface area contributed by atoms with Gasteiger partial charge in [0.1, 0.15) is 11.9 Å². The van der Waals surface area contributed by atoms with Crippen LogP contribution in [0.1, 0.15) is 31.1 Å². The van der Waals surface area contributed by atoms with Crippen LogP contribution in [0.4, 0.5) is 9.18 Å². The number of hydrogen-bond donors (Lipinski definition) is 2. The molecule has 2 atom stereocenters. The van der Waals surface area contributed by atoms with Crippen LogP contribution >= 0.6 is 0 Å². The van der Waals surface area contributed by atoms with Gasteiger partial charge in [0.2, 0.25) is 0 Å². The van der Waals surface area contributed by atoms with E-state index in [4.69, 9.17) is 4.74 Å². The highest BCUT2D eigenvalue weighted by Gasteiger charge is 2.34. The first-order valence-electron chi connectivity index (χ1n) is 8.57. The lowest BCUT2D eigenvalue weighted by Gasteiger charge is -2.24. The van der Waals surface area contributed by atoms with Crippen LogP contribution in [0.5, 0.6) is 0 Å². The number of amides is 4. The predicted molar refractivity (Wildman–Crippen MR) is 93.2 cm³/mol. The van der Waals surface area contributed by atoms with Gasteiger partial charge in [0, 0.05) is 13.1 Å². The second kappa shape index (κ2) is 8.61. The molecular formula is C18H22FN3O5. The van der Waals surface area contributed by atoms with Gasteiger partial charge in [0.15, 0.2) is 6.10 Å². The molecule has 0 spiro atoms. The number of ether oxygens (including phenoxy) is 1. The molecule has 2 N–H and O–H groups in total. The summed E-state index contributed by atoms with van der Waals surface area (Å²) < 4.78 is 18.9. The van der Waals surface area contributed by atoms with Gasteiger partial charge in [-0.15, -0.1) is 0 Å². The Morgan fingerprint density at radius 3 is 2.44 bits per heavy atom. The third-order valence-corrected chi connectivity index (χ3v) is 4.09. The normalized spacial score (nSPS) is 15.9. The Bertz CT molecular complexity index is 752. The largest absolute Gasteiger partial charge is 0.451 e. The monoisotopic (exact) mass is 379 g/mol. The standard InChI is InChI=1S/C18H22FN3O5/c1-10(2)14(21-15(23)12-6-4-5-7-13(12)19)17(25)27-11(3)16(24)22-9-8-20-18(22)26/h4-7,10-11,14H,8-9H2,1-3H3,(H,20,26)(H,21,23)/t11-,14+/m1/s1. The molecule has 1 aliphatic rings. The number of hydrogen-bond acceptors (Lipinski definition) is 5. The van der Waals surface area contributed by atoms with Crippen molar-refractivity contribution in [1.29, 1.82) is 0 Å². The molecule has 0 unspecified atom stereocenters. The number of esters is 1. The van der Waals surface area contributed by atoms with E-state index in [2.05, 4.69) is 10.6 Å². The van der Waals surface area contributed by atoms with Crippen molar-refractivity contribution in [3.8, 4) is 0 Å². The van der Waals surface area contributed by atoms with Crippen LogP contribution in [0.15, 0.2) is 24.3 Å². The lowest BCUT2D eigenvalue weighted by Crippen LogP contribution is -2.48. The van der Waals surface area contributed by atoms with Crippen LogP contribution in [0, 0.1) is 11.7 Å². The van der Waals surface area contributed by atoms with Gasteiger partial charge in [-0.3, -0.25) is 14.5 Å². The maximum absolute atomic E-state index is 13.8. The number of nitrogens with zero attached hydrogens (tertiary/aromatic N) is 1. The number of urea groups is 1. The van der Waals surface area contributed by atoms with Crippen molar-refractivity contribution in [2.24, 2.45) is 5.92 Å². The molecule has 0 radical (unpaired) electrons. The lowest BCUT2D eigenvalue weighted by molar-refractivity contribution is -0.160. The van der Waals surface area contributed by atoms with Gasteiger partial charge in [-0.05, 0) is 25.0 Å². The summed E-state index contributed by atoms with van der Waals surface area (Å²) in [5, 5.41) is 4.92. The molecule has 9 heteroatoms. The number of halogens is 1. The van der Waals surface area contributed by atoms with Crippen molar-refractivity contribution < 1.29 is 28.3 Å². The summed E-state index contributed by atoms with van der Waals surface area (Å²) in [7, 11) is 0. The van der Waals surface area contributed by atoms with Crippen LogP contribution < -0.4 is 10.6 Å². The topological polar surface area (TPSA) is 105 Å². The number of rotatable bonds is 6. The third kappa shape index (κ3) is 4.81. The van der Waals surface area contributed by atoms with Crippen molar-refractivity contribution in [2.75, 3.05) is 13.1 Å². The average molecular weight is 379 g/mol. The van der Waals surface area contributed by atoms with E-state index >= 15 is 0 Å². The van der Waals surface area contributed by atoms with E-state index in [0.717, 1.165) is 11.0 Å². The summed E-state index contributed by atoms with van der Waals surface area (Å²) in [6.07, 6.45) is -1.20. The maximum Gasteiger partial charge on any atom is 0.329 e. The van der Waals surface area contributed by atoms with Gasteiger partial charge in [-0.2, -0.15) is 0 Å². The highest BCUT2D eigenvalue weighted by molar-refractivity contribution is 5.99. The Balaban J connectivity index is 2.04. The molecule has 8 nitrogen and oxygen atoms in total. The number of benzene rings is 1. The number of carbonyl (C=O) groups excluding carboxylic acids is 4. The van der Waals surface area contributed by atoms with Gasteiger partial charge >= 0.3 is 12.0 Å². The molecule has 2 rings (SSSR count). The van der Waals surface area contributed by atoms with E-state index in [1.54, 1.807) is 13.8 Å². The van der Waals surface area contributed by atoms with Crippen LogP contribution in [-0.2, 0) is 14.3 Å². The van der Waals surface area contributed by atoms with E-state index in [-0.39, 0.29) is 18.0 Å². The molecule has 1 heterocycles. The van der Waals surface area contributed by atoms with Crippen LogP contribution in [0.2, 0.25) is 0 Å². The van der Waals surface area contributed by atoms with Crippen LogP contribution in [-0.4, -0.2) is 54.0 Å². The summed E-state index contributed by atoms with van der Waals surface area (Å²) in [5.74, 6) is -3.34. The second-order valence-electron chi connectivity index (χ2n) is 6.48. The fourth-order valence-corrected chi connectivity index (χ4v) is 2.56. The first-order valence-corrected chi connectivity index (χ1v) is 8.57. The van der Waals surface area contributed by atoms with Gasteiger partial charge in [0.05, 0.1) is 5.56 Å². The number of imide groups is 1. The minimum Gasteiger partial charge on any atom is -0.451 e. The van der Waals surface area contributed by atoms with E-state index in [1.165, 1.54) is 25.1 Å². The predicted octanol–water partition coefficient (Wildman–Crippen LogP) is 1.06. The third-order valence-electron chi connectivity index (χ3n) is 4.09. The summed E-state index contributed by atoms with van der Waals surface area (Å²) in [6.45, 7) is 5.22. The fourth-order valence-electron chi connectivity index (χ4n) is 2.56. The molecule has 1 aliphatic heterocycles. The summed E-state index contributed by atoms with van der Waals surface area (Å²) in [4.78, 5) is 49.4. The van der Waals surface area contributed by atoms with E-state index in [0.29, 0.717) is 6.54 Å². The molecule has 4 amide bonds. The Hall–Kier alpha value is -2.97. The van der Waals surface area contributed by atoms with E-state index in [1.807, 2.05) is 0 Å².